The molecule has 2 rings (SSSR count). The Bertz CT molecular complexity index is 347. The molecule has 1 fully saturated rings. The normalized spacial score (nSPS) is 17.1. The molecule has 1 aromatic carbocycles. The SMILES string of the molecule is Cc1cccc(CC(NCCCO)C2CC2)c1. The summed E-state index contributed by atoms with van der Waals surface area (Å²) in [4.78, 5) is 0. The zero-order valence-corrected chi connectivity index (χ0v) is 10.7. The van der Waals surface area contributed by atoms with Gasteiger partial charge in [0.15, 0.2) is 0 Å². The second kappa shape index (κ2) is 6.18. The smallest absolute Gasteiger partial charge is 0.0443 e. The van der Waals surface area contributed by atoms with Crippen LogP contribution in [0.25, 0.3) is 0 Å². The van der Waals surface area contributed by atoms with E-state index in [4.69, 9.17) is 5.11 Å². The van der Waals surface area contributed by atoms with Crippen LogP contribution in [0.1, 0.15) is 30.4 Å². The van der Waals surface area contributed by atoms with Gasteiger partial charge in [0.05, 0.1) is 0 Å². The van der Waals surface area contributed by atoms with Gasteiger partial charge in [-0.25, -0.2) is 0 Å². The molecule has 1 aliphatic carbocycles. The quantitative estimate of drug-likeness (QED) is 0.708. The summed E-state index contributed by atoms with van der Waals surface area (Å²) in [6.45, 7) is 3.37. The van der Waals surface area contributed by atoms with Crippen molar-refractivity contribution in [2.45, 2.75) is 38.6 Å². The van der Waals surface area contributed by atoms with Crippen LogP contribution in [-0.2, 0) is 6.42 Å². The summed E-state index contributed by atoms with van der Waals surface area (Å²) in [5.41, 5.74) is 2.77. The fourth-order valence-electron chi connectivity index (χ4n) is 2.36. The summed E-state index contributed by atoms with van der Waals surface area (Å²) in [6.07, 6.45) is 4.71. The first-order valence-electron chi connectivity index (χ1n) is 6.69. The summed E-state index contributed by atoms with van der Waals surface area (Å²) in [6, 6.07) is 9.39. The Balaban J connectivity index is 1.88. The Hall–Kier alpha value is -0.860. The van der Waals surface area contributed by atoms with Crippen molar-refractivity contribution < 1.29 is 5.11 Å². The fourth-order valence-corrected chi connectivity index (χ4v) is 2.36. The van der Waals surface area contributed by atoms with Gasteiger partial charge in [0.2, 0.25) is 0 Å². The molecule has 17 heavy (non-hydrogen) atoms. The van der Waals surface area contributed by atoms with Crippen LogP contribution in [0.5, 0.6) is 0 Å². The molecule has 1 saturated carbocycles. The number of hydrogen-bond donors (Lipinski definition) is 2. The first-order valence-corrected chi connectivity index (χ1v) is 6.69. The lowest BCUT2D eigenvalue weighted by Gasteiger charge is -2.18. The number of nitrogens with one attached hydrogen (secondary N) is 1. The third kappa shape index (κ3) is 4.14. The standard InChI is InChI=1S/C15H23NO/c1-12-4-2-5-13(10-12)11-15(14-6-7-14)16-8-3-9-17/h2,4-5,10,14-17H,3,6-9,11H2,1H3. The zero-order chi connectivity index (χ0) is 12.1. The van der Waals surface area contributed by atoms with E-state index in [2.05, 4.69) is 36.5 Å². The van der Waals surface area contributed by atoms with E-state index in [1.165, 1.54) is 24.0 Å². The summed E-state index contributed by atoms with van der Waals surface area (Å²) < 4.78 is 0. The summed E-state index contributed by atoms with van der Waals surface area (Å²) in [7, 11) is 0. The van der Waals surface area contributed by atoms with Gasteiger partial charge in [0.25, 0.3) is 0 Å². The molecule has 0 heterocycles. The number of rotatable bonds is 7. The molecule has 0 bridgehead atoms. The summed E-state index contributed by atoms with van der Waals surface area (Å²) in [5.74, 6) is 0.856. The molecule has 0 aliphatic heterocycles. The maximum absolute atomic E-state index is 8.82. The lowest BCUT2D eigenvalue weighted by molar-refractivity contribution is 0.281. The van der Waals surface area contributed by atoms with Crippen molar-refractivity contribution in [3.05, 3.63) is 35.4 Å². The molecule has 0 amide bonds. The molecule has 0 aromatic heterocycles. The van der Waals surface area contributed by atoms with E-state index in [0.29, 0.717) is 6.04 Å². The van der Waals surface area contributed by atoms with E-state index in [0.717, 1.165) is 25.3 Å². The van der Waals surface area contributed by atoms with Crippen LogP contribution in [0.3, 0.4) is 0 Å². The van der Waals surface area contributed by atoms with Gasteiger partial charge in [0.1, 0.15) is 0 Å². The Kier molecular flexibility index (Phi) is 4.57. The van der Waals surface area contributed by atoms with Crippen molar-refractivity contribution in [2.75, 3.05) is 13.2 Å². The van der Waals surface area contributed by atoms with Crippen molar-refractivity contribution in [3.63, 3.8) is 0 Å². The second-order valence-electron chi connectivity index (χ2n) is 5.17. The van der Waals surface area contributed by atoms with Crippen molar-refractivity contribution >= 4 is 0 Å². The molecule has 2 nitrogen and oxygen atoms in total. The molecular weight excluding hydrogens is 210 g/mol. The Morgan fingerprint density at radius 1 is 1.41 bits per heavy atom. The van der Waals surface area contributed by atoms with Crippen LogP contribution in [0, 0.1) is 12.8 Å². The van der Waals surface area contributed by atoms with E-state index in [-0.39, 0.29) is 6.61 Å². The van der Waals surface area contributed by atoms with Crippen LogP contribution in [-0.4, -0.2) is 24.3 Å². The zero-order valence-electron chi connectivity index (χ0n) is 10.7. The average Bonchev–Trinajstić information content (AvgIpc) is 3.12. The third-order valence-corrected chi connectivity index (χ3v) is 3.47. The van der Waals surface area contributed by atoms with E-state index in [9.17, 15) is 0 Å². The molecule has 94 valence electrons. The van der Waals surface area contributed by atoms with Gasteiger partial charge in [0, 0.05) is 12.6 Å². The van der Waals surface area contributed by atoms with Crippen molar-refractivity contribution in [1.82, 2.24) is 5.32 Å². The lowest BCUT2D eigenvalue weighted by Crippen LogP contribution is -2.34. The molecule has 1 aromatic rings. The molecule has 1 aliphatic rings. The number of aliphatic hydroxyl groups is 1. The first-order chi connectivity index (χ1) is 8.29. The third-order valence-electron chi connectivity index (χ3n) is 3.47. The van der Waals surface area contributed by atoms with Crippen molar-refractivity contribution in [3.8, 4) is 0 Å². The first kappa shape index (κ1) is 12.6. The minimum Gasteiger partial charge on any atom is -0.396 e. The molecule has 2 heteroatoms. The highest BCUT2D eigenvalue weighted by atomic mass is 16.3. The number of hydrogen-bond acceptors (Lipinski definition) is 2. The topological polar surface area (TPSA) is 32.3 Å². The molecule has 1 unspecified atom stereocenters. The van der Waals surface area contributed by atoms with Crippen molar-refractivity contribution in [2.24, 2.45) is 5.92 Å². The van der Waals surface area contributed by atoms with Crippen LogP contribution in [0.2, 0.25) is 0 Å². The second-order valence-corrected chi connectivity index (χ2v) is 5.17. The summed E-state index contributed by atoms with van der Waals surface area (Å²) >= 11 is 0. The summed E-state index contributed by atoms with van der Waals surface area (Å²) in [5, 5.41) is 12.4. The van der Waals surface area contributed by atoms with E-state index in [1.807, 2.05) is 0 Å². The van der Waals surface area contributed by atoms with E-state index >= 15 is 0 Å². The van der Waals surface area contributed by atoms with Gasteiger partial charge in [-0.3, -0.25) is 0 Å². The van der Waals surface area contributed by atoms with Crippen LogP contribution >= 0.6 is 0 Å². The van der Waals surface area contributed by atoms with Gasteiger partial charge in [-0.15, -0.1) is 0 Å². The van der Waals surface area contributed by atoms with E-state index in [1.54, 1.807) is 0 Å². The maximum Gasteiger partial charge on any atom is 0.0443 e. The van der Waals surface area contributed by atoms with Gasteiger partial charge < -0.3 is 10.4 Å². The van der Waals surface area contributed by atoms with Gasteiger partial charge in [-0.1, -0.05) is 29.8 Å². The Morgan fingerprint density at radius 2 is 2.24 bits per heavy atom. The number of benzene rings is 1. The predicted molar refractivity (Wildman–Crippen MR) is 71.1 cm³/mol. The molecule has 0 spiro atoms. The van der Waals surface area contributed by atoms with Gasteiger partial charge in [-0.05, 0) is 50.6 Å². The van der Waals surface area contributed by atoms with Crippen molar-refractivity contribution in [1.29, 1.82) is 0 Å². The Labute approximate surface area is 104 Å². The highest BCUT2D eigenvalue weighted by Gasteiger charge is 2.30. The highest BCUT2D eigenvalue weighted by Crippen LogP contribution is 2.34. The molecule has 1 atom stereocenters. The molecular formula is C15H23NO. The van der Waals surface area contributed by atoms with Crippen LogP contribution < -0.4 is 5.32 Å². The molecule has 0 radical (unpaired) electrons. The van der Waals surface area contributed by atoms with E-state index < -0.39 is 0 Å². The fraction of sp³-hybridized carbons (Fsp3) is 0.600. The minimum absolute atomic E-state index is 0.287. The minimum atomic E-state index is 0.287. The average molecular weight is 233 g/mol. The predicted octanol–water partition coefficient (Wildman–Crippen LogP) is 2.29. The molecule has 2 N–H and O–H groups in total. The molecule has 0 saturated heterocycles. The largest absolute Gasteiger partial charge is 0.396 e. The highest BCUT2D eigenvalue weighted by molar-refractivity contribution is 5.23. The maximum atomic E-state index is 8.82. The van der Waals surface area contributed by atoms with Gasteiger partial charge in [-0.2, -0.15) is 0 Å². The van der Waals surface area contributed by atoms with Gasteiger partial charge >= 0.3 is 0 Å². The number of aryl methyl sites for hydroxylation is 1. The lowest BCUT2D eigenvalue weighted by atomic mass is 10.0. The monoisotopic (exact) mass is 233 g/mol. The Morgan fingerprint density at radius 3 is 2.88 bits per heavy atom. The number of aliphatic hydroxyl groups excluding tert-OH is 1. The van der Waals surface area contributed by atoms with Crippen LogP contribution in [0.15, 0.2) is 24.3 Å². The van der Waals surface area contributed by atoms with Crippen LogP contribution in [0.4, 0.5) is 0 Å².